The van der Waals surface area contributed by atoms with E-state index in [1.165, 1.54) is 36.4 Å². The molecule has 1 unspecified atom stereocenters. The molecule has 1 heterocycles. The number of aryl methyl sites for hydroxylation is 1. The third-order valence-electron chi connectivity index (χ3n) is 5.01. The van der Waals surface area contributed by atoms with E-state index in [1.807, 2.05) is 6.92 Å². The molecule has 1 fully saturated rings. The minimum absolute atomic E-state index is 0.0993. The molecule has 1 aliphatic heterocycles. The summed E-state index contributed by atoms with van der Waals surface area (Å²) in [5, 5.41) is 0. The summed E-state index contributed by atoms with van der Waals surface area (Å²) in [6, 6.07) is 11.6. The lowest BCUT2D eigenvalue weighted by atomic mass is 10.0. The van der Waals surface area contributed by atoms with Gasteiger partial charge in [-0.2, -0.15) is 0 Å². The van der Waals surface area contributed by atoms with Crippen LogP contribution in [0, 0.1) is 18.7 Å². The summed E-state index contributed by atoms with van der Waals surface area (Å²) in [7, 11) is -3.97. The summed E-state index contributed by atoms with van der Waals surface area (Å²) in [6.07, 6.45) is 1.97. The summed E-state index contributed by atoms with van der Waals surface area (Å²) < 4.78 is 41.0. The Hall–Kier alpha value is -2.41. The van der Waals surface area contributed by atoms with Crippen LogP contribution in [0.3, 0.4) is 0 Å². The number of piperidine rings is 1. The normalized spacial score (nSPS) is 17.4. The Labute approximate surface area is 165 Å². The molecule has 0 aliphatic carbocycles. The second-order valence-corrected chi connectivity index (χ2v) is 9.25. The molecule has 0 N–H and O–H groups in total. The van der Waals surface area contributed by atoms with Crippen molar-refractivity contribution in [1.29, 1.82) is 0 Å². The van der Waals surface area contributed by atoms with Gasteiger partial charge in [-0.3, -0.25) is 9.10 Å². The molecular formula is C21H25FN2O3S. The molecule has 0 saturated carbocycles. The Morgan fingerprint density at radius 2 is 1.79 bits per heavy atom. The number of benzene rings is 2. The Bertz CT molecular complexity index is 927. The maximum atomic E-state index is 13.4. The lowest BCUT2D eigenvalue weighted by Gasteiger charge is -2.33. The van der Waals surface area contributed by atoms with Crippen LogP contribution < -0.4 is 4.31 Å². The first kappa shape index (κ1) is 20.3. The van der Waals surface area contributed by atoms with Crippen molar-refractivity contribution in [2.45, 2.75) is 31.6 Å². The maximum absolute atomic E-state index is 13.4. The number of likely N-dealkylation sites (tertiary alicyclic amines) is 1. The smallest absolute Gasteiger partial charge is 0.264 e. The summed E-state index contributed by atoms with van der Waals surface area (Å²) >= 11 is 0. The Balaban J connectivity index is 1.94. The van der Waals surface area contributed by atoms with E-state index in [4.69, 9.17) is 0 Å². The van der Waals surface area contributed by atoms with Gasteiger partial charge in [0.15, 0.2) is 0 Å². The molecular weight excluding hydrogens is 379 g/mol. The number of anilines is 1. The fraction of sp³-hybridized carbons (Fsp3) is 0.381. The van der Waals surface area contributed by atoms with E-state index in [1.54, 1.807) is 17.0 Å². The highest BCUT2D eigenvalue weighted by molar-refractivity contribution is 7.92. The van der Waals surface area contributed by atoms with Crippen LogP contribution in [0.25, 0.3) is 0 Å². The van der Waals surface area contributed by atoms with E-state index in [-0.39, 0.29) is 23.0 Å². The van der Waals surface area contributed by atoms with Crippen molar-refractivity contribution in [3.05, 3.63) is 59.9 Å². The van der Waals surface area contributed by atoms with Gasteiger partial charge in [-0.15, -0.1) is 0 Å². The number of carbonyl (C=O) groups is 1. The fourth-order valence-corrected chi connectivity index (χ4v) is 4.81. The summed E-state index contributed by atoms with van der Waals surface area (Å²) in [5.74, 6) is -0.315. The molecule has 2 aromatic rings. The Kier molecular flexibility index (Phi) is 6.03. The number of nitrogens with zero attached hydrogens (tertiary/aromatic N) is 2. The van der Waals surface area contributed by atoms with Gasteiger partial charge in [0.05, 0.1) is 10.6 Å². The predicted octanol–water partition coefficient (Wildman–Crippen LogP) is 3.59. The molecule has 0 aromatic heterocycles. The van der Waals surface area contributed by atoms with E-state index in [2.05, 4.69) is 6.92 Å². The minimum Gasteiger partial charge on any atom is -0.341 e. The van der Waals surface area contributed by atoms with Gasteiger partial charge in [-0.05, 0) is 62.1 Å². The van der Waals surface area contributed by atoms with Crippen molar-refractivity contribution in [2.75, 3.05) is 23.9 Å². The van der Waals surface area contributed by atoms with E-state index in [9.17, 15) is 17.6 Å². The molecule has 5 nitrogen and oxygen atoms in total. The van der Waals surface area contributed by atoms with Crippen LogP contribution in [-0.2, 0) is 14.8 Å². The first-order chi connectivity index (χ1) is 13.3. The Morgan fingerprint density at radius 3 is 2.39 bits per heavy atom. The molecule has 1 amide bonds. The third-order valence-corrected chi connectivity index (χ3v) is 6.80. The fourth-order valence-electron chi connectivity index (χ4n) is 3.40. The lowest BCUT2D eigenvalue weighted by Crippen LogP contribution is -2.46. The number of amides is 1. The van der Waals surface area contributed by atoms with E-state index < -0.39 is 15.8 Å². The molecule has 0 bridgehead atoms. The SMILES string of the molecule is Cc1ccc(S(=O)(=O)N(CC(=O)N2CCCC(C)C2)c2ccc(F)cc2)cc1. The molecule has 1 aliphatic rings. The molecule has 3 rings (SSSR count). The standard InChI is InChI=1S/C21H25FN2O3S/c1-16-5-11-20(12-6-16)28(26,27)24(19-9-7-18(22)8-10-19)15-21(25)23-13-3-4-17(2)14-23/h5-12,17H,3-4,13-15H2,1-2H3. The van der Waals surface area contributed by atoms with E-state index in [0.29, 0.717) is 19.0 Å². The van der Waals surface area contributed by atoms with Crippen LogP contribution in [-0.4, -0.2) is 38.9 Å². The predicted molar refractivity (Wildman–Crippen MR) is 107 cm³/mol. The monoisotopic (exact) mass is 404 g/mol. The summed E-state index contributed by atoms with van der Waals surface area (Å²) in [6.45, 7) is 4.90. The van der Waals surface area contributed by atoms with Crippen LogP contribution in [0.5, 0.6) is 0 Å². The van der Waals surface area contributed by atoms with Gasteiger partial charge < -0.3 is 4.90 Å². The number of hydrogen-bond donors (Lipinski definition) is 0. The minimum atomic E-state index is -3.97. The van der Waals surface area contributed by atoms with E-state index >= 15 is 0 Å². The molecule has 150 valence electrons. The quantitative estimate of drug-likeness (QED) is 0.765. The largest absolute Gasteiger partial charge is 0.341 e. The first-order valence-electron chi connectivity index (χ1n) is 9.40. The molecule has 1 atom stereocenters. The number of halogens is 1. The Morgan fingerprint density at radius 1 is 1.14 bits per heavy atom. The van der Waals surface area contributed by atoms with Crippen LogP contribution in [0.15, 0.2) is 53.4 Å². The number of hydrogen-bond acceptors (Lipinski definition) is 3. The molecule has 7 heteroatoms. The van der Waals surface area contributed by atoms with Crippen LogP contribution in [0.2, 0.25) is 0 Å². The van der Waals surface area contributed by atoms with Crippen molar-refractivity contribution in [3.63, 3.8) is 0 Å². The highest BCUT2D eigenvalue weighted by Gasteiger charge is 2.30. The third kappa shape index (κ3) is 4.52. The van der Waals surface area contributed by atoms with Crippen molar-refractivity contribution in [2.24, 2.45) is 5.92 Å². The highest BCUT2D eigenvalue weighted by Crippen LogP contribution is 2.25. The lowest BCUT2D eigenvalue weighted by molar-refractivity contribution is -0.131. The van der Waals surface area contributed by atoms with Gasteiger partial charge in [0.2, 0.25) is 5.91 Å². The van der Waals surface area contributed by atoms with Gasteiger partial charge in [-0.1, -0.05) is 24.6 Å². The van der Waals surface area contributed by atoms with Crippen molar-refractivity contribution < 1.29 is 17.6 Å². The number of rotatable bonds is 5. The van der Waals surface area contributed by atoms with Crippen LogP contribution in [0.1, 0.15) is 25.3 Å². The van der Waals surface area contributed by atoms with Gasteiger partial charge in [-0.25, -0.2) is 12.8 Å². The zero-order valence-electron chi connectivity index (χ0n) is 16.1. The van der Waals surface area contributed by atoms with E-state index in [0.717, 1.165) is 22.7 Å². The van der Waals surface area contributed by atoms with Crippen LogP contribution >= 0.6 is 0 Å². The molecule has 2 aromatic carbocycles. The van der Waals surface area contributed by atoms with Gasteiger partial charge in [0, 0.05) is 13.1 Å². The maximum Gasteiger partial charge on any atom is 0.264 e. The zero-order valence-corrected chi connectivity index (χ0v) is 17.0. The average molecular weight is 405 g/mol. The number of carbonyl (C=O) groups excluding carboxylic acids is 1. The zero-order chi connectivity index (χ0) is 20.3. The van der Waals surface area contributed by atoms with Crippen molar-refractivity contribution >= 4 is 21.6 Å². The van der Waals surface area contributed by atoms with Gasteiger partial charge in [0.1, 0.15) is 12.4 Å². The summed E-state index contributed by atoms with van der Waals surface area (Å²) in [4.78, 5) is 14.7. The topological polar surface area (TPSA) is 57.7 Å². The second kappa shape index (κ2) is 8.31. The van der Waals surface area contributed by atoms with Crippen molar-refractivity contribution in [3.8, 4) is 0 Å². The van der Waals surface area contributed by atoms with Gasteiger partial charge in [0.25, 0.3) is 10.0 Å². The molecule has 0 radical (unpaired) electrons. The highest BCUT2D eigenvalue weighted by atomic mass is 32.2. The van der Waals surface area contributed by atoms with Gasteiger partial charge >= 0.3 is 0 Å². The first-order valence-corrected chi connectivity index (χ1v) is 10.8. The molecule has 28 heavy (non-hydrogen) atoms. The van der Waals surface area contributed by atoms with Crippen molar-refractivity contribution in [1.82, 2.24) is 4.90 Å². The number of sulfonamides is 1. The molecule has 0 spiro atoms. The van der Waals surface area contributed by atoms with Crippen LogP contribution in [0.4, 0.5) is 10.1 Å². The second-order valence-electron chi connectivity index (χ2n) is 7.39. The average Bonchev–Trinajstić information content (AvgIpc) is 2.67. The summed E-state index contributed by atoms with van der Waals surface area (Å²) in [5.41, 5.74) is 1.20. The molecule has 1 saturated heterocycles.